The van der Waals surface area contributed by atoms with Crippen molar-refractivity contribution in [2.45, 2.75) is 6.54 Å². The van der Waals surface area contributed by atoms with Gasteiger partial charge < -0.3 is 15.4 Å². The normalized spacial score (nSPS) is 10.1. The van der Waals surface area contributed by atoms with E-state index in [-0.39, 0.29) is 11.6 Å². The summed E-state index contributed by atoms with van der Waals surface area (Å²) in [6.45, 7) is 0.378. The van der Waals surface area contributed by atoms with E-state index in [2.05, 4.69) is 25.6 Å². The fraction of sp³-hybridized carbons (Fsp3) is 0.105. The first-order valence-electron chi connectivity index (χ1n) is 8.10. The molecule has 0 saturated heterocycles. The van der Waals surface area contributed by atoms with E-state index < -0.39 is 5.97 Å². The van der Waals surface area contributed by atoms with Crippen molar-refractivity contribution in [1.29, 1.82) is 0 Å². The molecule has 136 valence electrons. The van der Waals surface area contributed by atoms with E-state index in [1.165, 1.54) is 19.5 Å². The Morgan fingerprint density at radius 2 is 1.89 bits per heavy atom. The number of pyridine rings is 1. The lowest BCUT2D eigenvalue weighted by molar-refractivity contribution is 0.0600. The van der Waals surface area contributed by atoms with Gasteiger partial charge in [-0.25, -0.2) is 14.8 Å². The summed E-state index contributed by atoms with van der Waals surface area (Å²) >= 11 is 0. The summed E-state index contributed by atoms with van der Waals surface area (Å²) in [7, 11) is 1.33. The lowest BCUT2D eigenvalue weighted by atomic mass is 10.2. The molecule has 2 heterocycles. The van der Waals surface area contributed by atoms with Gasteiger partial charge in [0.05, 0.1) is 25.1 Å². The number of nitrogens with one attached hydrogen (secondary N) is 2. The average Bonchev–Trinajstić information content (AvgIpc) is 2.73. The van der Waals surface area contributed by atoms with Gasteiger partial charge in [-0.15, -0.1) is 0 Å². The average molecular weight is 363 g/mol. The number of aromatic nitrogens is 3. The van der Waals surface area contributed by atoms with Crippen molar-refractivity contribution in [3.8, 4) is 0 Å². The third kappa shape index (κ3) is 4.85. The molecule has 0 radical (unpaired) electrons. The van der Waals surface area contributed by atoms with Gasteiger partial charge in [0.2, 0.25) is 0 Å². The summed E-state index contributed by atoms with van der Waals surface area (Å²) in [5.74, 6) is -0.299. The molecule has 8 nitrogen and oxygen atoms in total. The SMILES string of the molecule is COC(=O)c1cccc(Nc2cnc(C(=O)NCc3ccncc3)cn2)c1. The number of hydrogen-bond acceptors (Lipinski definition) is 7. The van der Waals surface area contributed by atoms with Crippen LogP contribution >= 0.6 is 0 Å². The molecule has 1 aromatic carbocycles. The molecule has 2 aromatic heterocycles. The molecule has 0 aliphatic rings. The molecule has 0 aliphatic carbocycles. The van der Waals surface area contributed by atoms with Crippen LogP contribution in [0.15, 0.2) is 61.2 Å². The Morgan fingerprint density at radius 3 is 2.59 bits per heavy atom. The molecule has 27 heavy (non-hydrogen) atoms. The van der Waals surface area contributed by atoms with Gasteiger partial charge in [-0.1, -0.05) is 6.07 Å². The first-order valence-corrected chi connectivity index (χ1v) is 8.10. The molecule has 0 aliphatic heterocycles. The van der Waals surface area contributed by atoms with Crippen molar-refractivity contribution < 1.29 is 14.3 Å². The maximum Gasteiger partial charge on any atom is 0.337 e. The van der Waals surface area contributed by atoms with Crippen molar-refractivity contribution >= 4 is 23.4 Å². The summed E-state index contributed by atoms with van der Waals surface area (Å²) < 4.78 is 4.70. The molecule has 0 atom stereocenters. The van der Waals surface area contributed by atoms with Crippen LogP contribution in [0, 0.1) is 0 Å². The first-order chi connectivity index (χ1) is 13.2. The highest BCUT2D eigenvalue weighted by molar-refractivity contribution is 5.92. The highest BCUT2D eigenvalue weighted by atomic mass is 16.5. The molecule has 0 saturated carbocycles. The molecule has 3 rings (SSSR count). The minimum atomic E-state index is -0.425. The molecule has 1 amide bonds. The van der Waals surface area contributed by atoms with Gasteiger partial charge in [-0.2, -0.15) is 0 Å². The minimum Gasteiger partial charge on any atom is -0.465 e. The summed E-state index contributed by atoms with van der Waals surface area (Å²) in [6.07, 6.45) is 6.16. The van der Waals surface area contributed by atoms with Crippen LogP contribution in [0.2, 0.25) is 0 Å². The lowest BCUT2D eigenvalue weighted by Gasteiger charge is -2.08. The molecule has 0 spiro atoms. The number of nitrogens with zero attached hydrogens (tertiary/aromatic N) is 3. The maximum absolute atomic E-state index is 12.1. The molecule has 3 aromatic rings. The van der Waals surface area contributed by atoms with Crippen LogP contribution in [0.25, 0.3) is 0 Å². The van der Waals surface area contributed by atoms with Crippen LogP contribution in [-0.2, 0) is 11.3 Å². The molecule has 2 N–H and O–H groups in total. The van der Waals surface area contributed by atoms with Crippen LogP contribution in [0.3, 0.4) is 0 Å². The van der Waals surface area contributed by atoms with E-state index in [0.717, 1.165) is 5.56 Å². The second-order valence-electron chi connectivity index (χ2n) is 5.52. The van der Waals surface area contributed by atoms with Crippen LogP contribution in [-0.4, -0.2) is 33.9 Å². The fourth-order valence-electron chi connectivity index (χ4n) is 2.27. The Hall–Kier alpha value is -3.81. The van der Waals surface area contributed by atoms with Crippen molar-refractivity contribution in [2.75, 3.05) is 12.4 Å². The number of carbonyl (C=O) groups excluding carboxylic acids is 2. The van der Waals surface area contributed by atoms with Crippen molar-refractivity contribution in [1.82, 2.24) is 20.3 Å². The van der Waals surface area contributed by atoms with Gasteiger partial charge >= 0.3 is 5.97 Å². The Morgan fingerprint density at radius 1 is 1.07 bits per heavy atom. The van der Waals surface area contributed by atoms with E-state index in [9.17, 15) is 9.59 Å². The minimum absolute atomic E-state index is 0.206. The van der Waals surface area contributed by atoms with E-state index >= 15 is 0 Å². The summed E-state index contributed by atoms with van der Waals surface area (Å²) in [6, 6.07) is 10.4. The third-order valence-corrected chi connectivity index (χ3v) is 3.64. The first kappa shape index (κ1) is 18.0. The topological polar surface area (TPSA) is 106 Å². The second kappa shape index (κ2) is 8.52. The van der Waals surface area contributed by atoms with E-state index in [1.807, 2.05) is 12.1 Å². The Kier molecular flexibility index (Phi) is 5.68. The Balaban J connectivity index is 1.61. The standard InChI is InChI=1S/C19H17N5O3/c1-27-19(26)14-3-2-4-15(9-14)24-17-12-21-16(11-22-17)18(25)23-10-13-5-7-20-8-6-13/h2-9,11-12H,10H2,1H3,(H,22,24)(H,23,25). The molecule has 0 fully saturated rings. The number of hydrogen-bond donors (Lipinski definition) is 2. The van der Waals surface area contributed by atoms with Crippen molar-refractivity contribution in [2.24, 2.45) is 0 Å². The second-order valence-corrected chi connectivity index (χ2v) is 5.52. The predicted octanol–water partition coefficient (Wildman–Crippen LogP) is 2.33. The van der Waals surface area contributed by atoms with Gasteiger partial charge in [0.1, 0.15) is 11.5 Å². The smallest absolute Gasteiger partial charge is 0.337 e. The number of esters is 1. The van der Waals surface area contributed by atoms with Crippen LogP contribution in [0.5, 0.6) is 0 Å². The van der Waals surface area contributed by atoms with Crippen molar-refractivity contribution in [3.63, 3.8) is 0 Å². The van der Waals surface area contributed by atoms with Gasteiger partial charge in [-0.3, -0.25) is 9.78 Å². The zero-order valence-corrected chi connectivity index (χ0v) is 14.5. The maximum atomic E-state index is 12.1. The quantitative estimate of drug-likeness (QED) is 0.647. The monoisotopic (exact) mass is 363 g/mol. The Labute approximate surface area is 155 Å². The number of rotatable bonds is 6. The number of benzene rings is 1. The largest absolute Gasteiger partial charge is 0.465 e. The van der Waals surface area contributed by atoms with E-state index in [1.54, 1.807) is 36.7 Å². The molecular formula is C19H17N5O3. The zero-order chi connectivity index (χ0) is 19.1. The zero-order valence-electron chi connectivity index (χ0n) is 14.5. The summed E-state index contributed by atoms with van der Waals surface area (Å²) in [4.78, 5) is 35.9. The van der Waals surface area contributed by atoms with Crippen LogP contribution in [0.4, 0.5) is 11.5 Å². The number of methoxy groups -OCH3 is 1. The molecule has 0 bridgehead atoms. The Bertz CT molecular complexity index is 930. The molecular weight excluding hydrogens is 346 g/mol. The van der Waals surface area contributed by atoms with Crippen LogP contribution < -0.4 is 10.6 Å². The summed E-state index contributed by atoms with van der Waals surface area (Å²) in [5.41, 5.74) is 2.22. The van der Waals surface area contributed by atoms with E-state index in [0.29, 0.717) is 23.6 Å². The lowest BCUT2D eigenvalue weighted by Crippen LogP contribution is -2.24. The fourth-order valence-corrected chi connectivity index (χ4v) is 2.27. The third-order valence-electron chi connectivity index (χ3n) is 3.64. The molecule has 8 heteroatoms. The predicted molar refractivity (Wildman–Crippen MR) is 98.5 cm³/mol. The molecule has 0 unspecified atom stereocenters. The highest BCUT2D eigenvalue weighted by Gasteiger charge is 2.09. The number of ether oxygens (including phenoxy) is 1. The number of anilines is 2. The highest BCUT2D eigenvalue weighted by Crippen LogP contribution is 2.16. The van der Waals surface area contributed by atoms with Gasteiger partial charge in [0, 0.05) is 24.6 Å². The van der Waals surface area contributed by atoms with Crippen molar-refractivity contribution in [3.05, 3.63) is 78.0 Å². The number of carbonyl (C=O) groups is 2. The van der Waals surface area contributed by atoms with Gasteiger partial charge in [0.15, 0.2) is 0 Å². The van der Waals surface area contributed by atoms with E-state index in [4.69, 9.17) is 4.74 Å². The summed E-state index contributed by atoms with van der Waals surface area (Å²) in [5, 5.41) is 5.80. The van der Waals surface area contributed by atoms with Gasteiger partial charge in [-0.05, 0) is 35.9 Å². The van der Waals surface area contributed by atoms with Gasteiger partial charge in [0.25, 0.3) is 5.91 Å². The van der Waals surface area contributed by atoms with Crippen LogP contribution in [0.1, 0.15) is 26.4 Å². The number of amides is 1.